The van der Waals surface area contributed by atoms with E-state index in [0.29, 0.717) is 4.31 Å². The van der Waals surface area contributed by atoms with Gasteiger partial charge in [-0.15, -0.1) is 0 Å². The first-order chi connectivity index (χ1) is 8.44. The molecule has 1 aromatic carbocycles. The summed E-state index contributed by atoms with van der Waals surface area (Å²) in [7, 11) is -3.98. The Balaban J connectivity index is 2.43. The Bertz CT molecular complexity index is 542. The van der Waals surface area contributed by atoms with E-state index in [0.717, 1.165) is 0 Å². The number of carboxylic acids is 1. The van der Waals surface area contributed by atoms with Crippen molar-refractivity contribution in [3.63, 3.8) is 0 Å². The fraction of sp³-hybridized carbons (Fsp3) is 0.364. The van der Waals surface area contributed by atoms with Crippen LogP contribution in [-0.4, -0.2) is 41.2 Å². The molecule has 0 saturated carbocycles. The van der Waals surface area contributed by atoms with Gasteiger partial charge in [0, 0.05) is 0 Å². The molecule has 2 N–H and O–H groups in total. The summed E-state index contributed by atoms with van der Waals surface area (Å²) in [4.78, 5) is 11.0. The van der Waals surface area contributed by atoms with Crippen LogP contribution in [0.3, 0.4) is 0 Å². The Morgan fingerprint density at radius 3 is 2.39 bits per heavy atom. The van der Waals surface area contributed by atoms with Gasteiger partial charge in [-0.05, 0) is 25.0 Å². The number of aliphatic hydroxyl groups excluding tert-OH is 1. The van der Waals surface area contributed by atoms with Crippen LogP contribution in [0.2, 0.25) is 0 Å². The molecule has 1 heterocycles. The van der Waals surface area contributed by atoms with Gasteiger partial charge in [0.2, 0.25) is 10.0 Å². The van der Waals surface area contributed by atoms with Gasteiger partial charge >= 0.3 is 5.97 Å². The summed E-state index contributed by atoms with van der Waals surface area (Å²) in [5.41, 5.74) is 0. The third-order valence-electron chi connectivity index (χ3n) is 2.90. The fourth-order valence-corrected chi connectivity index (χ4v) is 3.74. The Morgan fingerprint density at radius 1 is 1.22 bits per heavy atom. The van der Waals surface area contributed by atoms with E-state index < -0.39 is 28.3 Å². The van der Waals surface area contributed by atoms with Crippen LogP contribution in [0.5, 0.6) is 0 Å². The number of aliphatic carboxylic acids is 1. The van der Waals surface area contributed by atoms with Crippen LogP contribution in [-0.2, 0) is 14.8 Å². The molecule has 1 aliphatic rings. The van der Waals surface area contributed by atoms with Crippen molar-refractivity contribution in [2.75, 3.05) is 0 Å². The summed E-state index contributed by atoms with van der Waals surface area (Å²) < 4.78 is 25.2. The summed E-state index contributed by atoms with van der Waals surface area (Å²) in [5, 5.41) is 18.7. The van der Waals surface area contributed by atoms with E-state index in [9.17, 15) is 18.3 Å². The minimum absolute atomic E-state index is 0.0165. The molecule has 1 aliphatic heterocycles. The summed E-state index contributed by atoms with van der Waals surface area (Å²) in [6, 6.07) is 6.30. The van der Waals surface area contributed by atoms with Crippen LogP contribution < -0.4 is 0 Å². The Morgan fingerprint density at radius 2 is 1.83 bits per heavy atom. The standard InChI is InChI=1S/C11H13NO5S/c13-10-7-6-9(11(14)15)12(10)18(16,17)8-4-2-1-3-5-8/h1-5,9-10,13H,6-7H2,(H,14,15). The molecule has 0 amide bonds. The number of sulfonamides is 1. The number of nitrogens with zero attached hydrogens (tertiary/aromatic N) is 1. The van der Waals surface area contributed by atoms with Crippen LogP contribution in [0.4, 0.5) is 0 Å². The van der Waals surface area contributed by atoms with Crippen LogP contribution in [0, 0.1) is 0 Å². The predicted octanol–water partition coefficient (Wildman–Crippen LogP) is 0.243. The number of benzene rings is 1. The van der Waals surface area contributed by atoms with Gasteiger partial charge in [-0.25, -0.2) is 8.42 Å². The zero-order valence-corrected chi connectivity index (χ0v) is 10.2. The number of aliphatic hydroxyl groups is 1. The molecule has 0 aromatic heterocycles. The van der Waals surface area contributed by atoms with Crippen molar-refractivity contribution < 1.29 is 23.4 Å². The highest BCUT2D eigenvalue weighted by Gasteiger charge is 2.45. The van der Waals surface area contributed by atoms with E-state index in [-0.39, 0.29) is 17.7 Å². The molecule has 0 bridgehead atoms. The molecule has 0 aliphatic carbocycles. The molecule has 6 nitrogen and oxygen atoms in total. The van der Waals surface area contributed by atoms with Gasteiger partial charge in [0.15, 0.2) is 0 Å². The topological polar surface area (TPSA) is 94.9 Å². The van der Waals surface area contributed by atoms with Crippen molar-refractivity contribution >= 4 is 16.0 Å². The minimum atomic E-state index is -3.98. The SMILES string of the molecule is O=C(O)C1CCC(O)N1S(=O)(=O)c1ccccc1. The van der Waals surface area contributed by atoms with Crippen molar-refractivity contribution in [2.45, 2.75) is 30.0 Å². The van der Waals surface area contributed by atoms with Gasteiger partial charge in [-0.1, -0.05) is 18.2 Å². The summed E-state index contributed by atoms with van der Waals surface area (Å²) >= 11 is 0. The van der Waals surface area contributed by atoms with Crippen molar-refractivity contribution in [3.05, 3.63) is 30.3 Å². The van der Waals surface area contributed by atoms with E-state index in [2.05, 4.69) is 0 Å². The highest BCUT2D eigenvalue weighted by Crippen LogP contribution is 2.29. The molecular weight excluding hydrogens is 258 g/mol. The van der Waals surface area contributed by atoms with Gasteiger partial charge in [0.05, 0.1) is 4.90 Å². The van der Waals surface area contributed by atoms with E-state index in [1.165, 1.54) is 12.1 Å². The molecule has 2 atom stereocenters. The van der Waals surface area contributed by atoms with Crippen molar-refractivity contribution in [1.29, 1.82) is 0 Å². The molecule has 0 spiro atoms. The second kappa shape index (κ2) is 4.68. The molecule has 1 aromatic rings. The molecule has 18 heavy (non-hydrogen) atoms. The lowest BCUT2D eigenvalue weighted by Gasteiger charge is -2.24. The largest absolute Gasteiger partial charge is 0.480 e. The Labute approximate surface area is 105 Å². The third kappa shape index (κ3) is 2.12. The monoisotopic (exact) mass is 271 g/mol. The lowest BCUT2D eigenvalue weighted by Crippen LogP contribution is -2.44. The van der Waals surface area contributed by atoms with Gasteiger partial charge in [0.1, 0.15) is 12.3 Å². The summed E-state index contributed by atoms with van der Waals surface area (Å²) in [5.74, 6) is -1.24. The summed E-state index contributed by atoms with van der Waals surface area (Å²) in [6.45, 7) is 0. The average molecular weight is 271 g/mol. The lowest BCUT2D eigenvalue weighted by atomic mass is 10.2. The average Bonchev–Trinajstić information content (AvgIpc) is 2.73. The number of carboxylic acid groups (broad SMARTS) is 1. The smallest absolute Gasteiger partial charge is 0.322 e. The summed E-state index contributed by atoms with van der Waals surface area (Å²) in [6.07, 6.45) is -1.04. The minimum Gasteiger partial charge on any atom is -0.480 e. The maximum atomic E-state index is 12.3. The molecule has 1 fully saturated rings. The normalized spacial score (nSPS) is 25.2. The lowest BCUT2D eigenvalue weighted by molar-refractivity contribution is -0.141. The van der Waals surface area contributed by atoms with Gasteiger partial charge < -0.3 is 10.2 Å². The van der Waals surface area contributed by atoms with Gasteiger partial charge in [-0.2, -0.15) is 4.31 Å². The van der Waals surface area contributed by atoms with Crippen LogP contribution in [0.15, 0.2) is 35.2 Å². The van der Waals surface area contributed by atoms with Crippen molar-refractivity contribution in [1.82, 2.24) is 4.31 Å². The predicted molar refractivity (Wildman–Crippen MR) is 62.1 cm³/mol. The third-order valence-corrected chi connectivity index (χ3v) is 4.82. The van der Waals surface area contributed by atoms with Crippen LogP contribution in [0.25, 0.3) is 0 Å². The van der Waals surface area contributed by atoms with Crippen LogP contribution >= 0.6 is 0 Å². The number of rotatable bonds is 3. The Hall–Kier alpha value is -1.44. The zero-order chi connectivity index (χ0) is 13.3. The molecule has 0 radical (unpaired) electrons. The highest BCUT2D eigenvalue weighted by atomic mass is 32.2. The van der Waals surface area contributed by atoms with E-state index in [1.54, 1.807) is 18.2 Å². The van der Waals surface area contributed by atoms with Crippen LogP contribution in [0.1, 0.15) is 12.8 Å². The molecule has 1 saturated heterocycles. The molecule has 2 rings (SSSR count). The molecule has 98 valence electrons. The fourth-order valence-electron chi connectivity index (χ4n) is 2.04. The first-order valence-electron chi connectivity index (χ1n) is 5.44. The first-order valence-corrected chi connectivity index (χ1v) is 6.88. The van der Waals surface area contributed by atoms with E-state index in [4.69, 9.17) is 5.11 Å². The van der Waals surface area contributed by atoms with E-state index in [1.807, 2.05) is 0 Å². The number of carbonyl (C=O) groups is 1. The van der Waals surface area contributed by atoms with Crippen molar-refractivity contribution in [2.24, 2.45) is 0 Å². The maximum absolute atomic E-state index is 12.3. The quantitative estimate of drug-likeness (QED) is 0.821. The second-order valence-corrected chi connectivity index (χ2v) is 5.90. The molecular formula is C11H13NO5S. The molecule has 7 heteroatoms. The zero-order valence-electron chi connectivity index (χ0n) is 9.43. The van der Waals surface area contributed by atoms with E-state index >= 15 is 0 Å². The van der Waals surface area contributed by atoms with Crippen molar-refractivity contribution in [3.8, 4) is 0 Å². The maximum Gasteiger partial charge on any atom is 0.322 e. The number of hydrogen-bond donors (Lipinski definition) is 2. The van der Waals surface area contributed by atoms with Gasteiger partial charge in [0.25, 0.3) is 0 Å². The first kappa shape index (κ1) is 13.0. The highest BCUT2D eigenvalue weighted by molar-refractivity contribution is 7.89. The second-order valence-electron chi connectivity index (χ2n) is 4.06. The molecule has 2 unspecified atom stereocenters. The number of hydrogen-bond acceptors (Lipinski definition) is 4. The van der Waals surface area contributed by atoms with Gasteiger partial charge in [-0.3, -0.25) is 4.79 Å². The Kier molecular flexibility index (Phi) is 3.38.